The molecule has 0 fully saturated rings. The van der Waals surface area contributed by atoms with E-state index in [9.17, 15) is 4.79 Å². The number of nitrogens with one attached hydrogen (secondary N) is 1. The van der Waals surface area contributed by atoms with Crippen molar-refractivity contribution in [3.05, 3.63) is 6.07 Å². The number of hydrogen-bond donors (Lipinski definition) is 2. The summed E-state index contributed by atoms with van der Waals surface area (Å²) in [4.78, 5) is 18.8. The van der Waals surface area contributed by atoms with Gasteiger partial charge >= 0.3 is 5.97 Å². The molecule has 1 unspecified atom stereocenters. The molecule has 17 heavy (non-hydrogen) atoms. The predicted molar refractivity (Wildman–Crippen MR) is 60.5 cm³/mol. The fourth-order valence-corrected chi connectivity index (χ4v) is 1.17. The number of anilines is 1. The molecule has 1 rings (SSSR count). The Morgan fingerprint density at radius 3 is 2.29 bits per heavy atom. The minimum Gasteiger partial charge on any atom is -0.481 e. The van der Waals surface area contributed by atoms with Gasteiger partial charge in [0.25, 0.3) is 0 Å². The van der Waals surface area contributed by atoms with Crippen molar-refractivity contribution in [2.45, 2.75) is 19.4 Å². The van der Waals surface area contributed by atoms with Crippen LogP contribution >= 0.6 is 0 Å². The number of ether oxygens (including phenoxy) is 2. The lowest BCUT2D eigenvalue weighted by Gasteiger charge is -2.13. The van der Waals surface area contributed by atoms with Crippen LogP contribution in [0.5, 0.6) is 11.8 Å². The van der Waals surface area contributed by atoms with Crippen molar-refractivity contribution in [3.8, 4) is 11.8 Å². The molecule has 2 N–H and O–H groups in total. The third kappa shape index (κ3) is 3.47. The van der Waals surface area contributed by atoms with Crippen molar-refractivity contribution in [2.75, 3.05) is 19.5 Å². The molecule has 0 saturated heterocycles. The van der Waals surface area contributed by atoms with Crippen molar-refractivity contribution in [2.24, 2.45) is 0 Å². The summed E-state index contributed by atoms with van der Waals surface area (Å²) >= 11 is 0. The highest BCUT2D eigenvalue weighted by molar-refractivity contribution is 5.76. The first-order valence-corrected chi connectivity index (χ1v) is 5.07. The number of nitrogens with zero attached hydrogens (tertiary/aromatic N) is 2. The highest BCUT2D eigenvalue weighted by Gasteiger charge is 2.16. The molecular weight excluding hydrogens is 226 g/mol. The number of aromatic nitrogens is 2. The van der Waals surface area contributed by atoms with E-state index in [4.69, 9.17) is 14.6 Å². The third-order valence-electron chi connectivity index (χ3n) is 2.11. The van der Waals surface area contributed by atoms with Gasteiger partial charge in [0, 0.05) is 0 Å². The van der Waals surface area contributed by atoms with Gasteiger partial charge in [-0.05, 0) is 6.42 Å². The first kappa shape index (κ1) is 13.0. The van der Waals surface area contributed by atoms with Crippen LogP contribution < -0.4 is 14.8 Å². The van der Waals surface area contributed by atoms with Gasteiger partial charge in [0.2, 0.25) is 17.7 Å². The molecular formula is C10H15N3O4. The lowest BCUT2D eigenvalue weighted by atomic mass is 10.2. The molecule has 0 radical (unpaired) electrons. The second-order valence-electron chi connectivity index (χ2n) is 3.22. The Morgan fingerprint density at radius 1 is 1.41 bits per heavy atom. The summed E-state index contributed by atoms with van der Waals surface area (Å²) in [5, 5.41) is 11.6. The highest BCUT2D eigenvalue weighted by Crippen LogP contribution is 2.18. The average Bonchev–Trinajstić information content (AvgIpc) is 2.34. The smallest absolute Gasteiger partial charge is 0.326 e. The second kappa shape index (κ2) is 5.88. The Hall–Kier alpha value is -2.05. The minimum atomic E-state index is -0.960. The summed E-state index contributed by atoms with van der Waals surface area (Å²) in [6.45, 7) is 1.75. The predicted octanol–water partition coefficient (Wildman–Crippen LogP) is 0.769. The summed E-state index contributed by atoms with van der Waals surface area (Å²) in [5.41, 5.74) is 0. The van der Waals surface area contributed by atoms with Gasteiger partial charge in [-0.15, -0.1) is 0 Å². The van der Waals surface area contributed by atoms with Crippen molar-refractivity contribution in [3.63, 3.8) is 0 Å². The topological polar surface area (TPSA) is 93.6 Å². The van der Waals surface area contributed by atoms with Crippen molar-refractivity contribution < 1.29 is 19.4 Å². The zero-order valence-corrected chi connectivity index (χ0v) is 9.93. The Balaban J connectivity index is 2.92. The van der Waals surface area contributed by atoms with Crippen molar-refractivity contribution >= 4 is 11.9 Å². The Morgan fingerprint density at radius 2 is 1.94 bits per heavy atom. The zero-order chi connectivity index (χ0) is 12.8. The SMILES string of the molecule is CCC(Nc1nc(OC)cc(OC)n1)C(=O)O. The number of methoxy groups -OCH3 is 2. The average molecular weight is 241 g/mol. The number of carboxylic acids is 1. The van der Waals surface area contributed by atoms with Crippen LogP contribution in [0, 0.1) is 0 Å². The lowest BCUT2D eigenvalue weighted by Crippen LogP contribution is -2.29. The molecule has 94 valence electrons. The molecule has 7 nitrogen and oxygen atoms in total. The van der Waals surface area contributed by atoms with Crippen LogP contribution in [-0.2, 0) is 4.79 Å². The normalized spacial score (nSPS) is 11.7. The molecule has 1 heterocycles. The number of hydrogen-bond acceptors (Lipinski definition) is 6. The first-order valence-electron chi connectivity index (χ1n) is 5.07. The number of rotatable bonds is 6. The quantitative estimate of drug-likeness (QED) is 0.759. The van der Waals surface area contributed by atoms with Gasteiger partial charge in [0.05, 0.1) is 20.3 Å². The fourth-order valence-electron chi connectivity index (χ4n) is 1.17. The van der Waals surface area contributed by atoms with E-state index < -0.39 is 12.0 Å². The van der Waals surface area contributed by atoms with E-state index in [2.05, 4.69) is 15.3 Å². The fraction of sp³-hybridized carbons (Fsp3) is 0.500. The summed E-state index contributed by atoms with van der Waals surface area (Å²) in [6, 6.07) is 0.763. The van der Waals surface area contributed by atoms with Crippen LogP contribution in [0.1, 0.15) is 13.3 Å². The van der Waals surface area contributed by atoms with E-state index in [1.807, 2.05) is 0 Å². The molecule has 1 atom stereocenters. The third-order valence-corrected chi connectivity index (χ3v) is 2.11. The molecule has 0 spiro atoms. The summed E-state index contributed by atoms with van der Waals surface area (Å²) < 4.78 is 9.91. The van der Waals surface area contributed by atoms with Crippen LogP contribution in [0.4, 0.5) is 5.95 Å². The van der Waals surface area contributed by atoms with Gasteiger partial charge < -0.3 is 19.9 Å². The number of aliphatic carboxylic acids is 1. The van der Waals surface area contributed by atoms with Gasteiger partial charge in [-0.2, -0.15) is 9.97 Å². The molecule has 0 saturated carbocycles. The van der Waals surface area contributed by atoms with Gasteiger partial charge in [0.15, 0.2) is 0 Å². The maximum absolute atomic E-state index is 10.9. The molecule has 0 aromatic carbocycles. The zero-order valence-electron chi connectivity index (χ0n) is 9.93. The Labute approximate surface area is 98.8 Å². The molecule has 0 aliphatic rings. The van der Waals surface area contributed by atoms with E-state index in [-0.39, 0.29) is 5.95 Å². The van der Waals surface area contributed by atoms with E-state index in [1.165, 1.54) is 20.3 Å². The van der Waals surface area contributed by atoms with Gasteiger partial charge in [0.1, 0.15) is 6.04 Å². The summed E-state index contributed by atoms with van der Waals surface area (Å²) in [5.74, 6) is -0.187. The van der Waals surface area contributed by atoms with Gasteiger partial charge in [-0.1, -0.05) is 6.92 Å². The van der Waals surface area contributed by atoms with Crippen LogP contribution in [0.3, 0.4) is 0 Å². The van der Waals surface area contributed by atoms with Crippen molar-refractivity contribution in [1.29, 1.82) is 0 Å². The Bertz CT molecular complexity index is 375. The summed E-state index contributed by atoms with van der Waals surface area (Å²) in [6.07, 6.45) is 0.415. The molecule has 0 amide bonds. The Kier molecular flexibility index (Phi) is 4.50. The molecule has 7 heteroatoms. The van der Waals surface area contributed by atoms with E-state index >= 15 is 0 Å². The first-order chi connectivity index (χ1) is 8.10. The van der Waals surface area contributed by atoms with E-state index in [0.717, 1.165) is 0 Å². The highest BCUT2D eigenvalue weighted by atomic mass is 16.5. The van der Waals surface area contributed by atoms with Crippen LogP contribution in [0.25, 0.3) is 0 Å². The molecule has 1 aromatic heterocycles. The van der Waals surface area contributed by atoms with Crippen LogP contribution in [0.2, 0.25) is 0 Å². The van der Waals surface area contributed by atoms with Crippen LogP contribution in [-0.4, -0.2) is 41.3 Å². The summed E-state index contributed by atoms with van der Waals surface area (Å²) in [7, 11) is 2.92. The van der Waals surface area contributed by atoms with Gasteiger partial charge in [-0.25, -0.2) is 4.79 Å². The molecule has 0 bridgehead atoms. The number of carboxylic acid groups (broad SMARTS) is 1. The lowest BCUT2D eigenvalue weighted by molar-refractivity contribution is -0.138. The van der Waals surface area contributed by atoms with Crippen molar-refractivity contribution in [1.82, 2.24) is 9.97 Å². The standard InChI is InChI=1S/C10H15N3O4/c1-4-6(9(14)15)11-10-12-7(16-2)5-8(13-10)17-3/h5-6H,4H2,1-3H3,(H,14,15)(H,11,12,13). The number of carbonyl (C=O) groups is 1. The largest absolute Gasteiger partial charge is 0.481 e. The maximum Gasteiger partial charge on any atom is 0.326 e. The van der Waals surface area contributed by atoms with Crippen LogP contribution in [0.15, 0.2) is 6.07 Å². The molecule has 0 aliphatic heterocycles. The van der Waals surface area contributed by atoms with E-state index in [0.29, 0.717) is 18.2 Å². The molecule has 1 aromatic rings. The van der Waals surface area contributed by atoms with E-state index in [1.54, 1.807) is 6.92 Å². The van der Waals surface area contributed by atoms with Gasteiger partial charge in [-0.3, -0.25) is 0 Å². The second-order valence-corrected chi connectivity index (χ2v) is 3.22. The minimum absolute atomic E-state index is 0.162. The maximum atomic E-state index is 10.9. The monoisotopic (exact) mass is 241 g/mol. The molecule has 0 aliphatic carbocycles.